The molecule has 0 saturated heterocycles. The molecule has 1 aliphatic rings. The van der Waals surface area contributed by atoms with E-state index in [-0.39, 0.29) is 17.6 Å². The number of hydrogen-bond donors (Lipinski definition) is 2. The lowest BCUT2D eigenvalue weighted by molar-refractivity contribution is 0.128. The Morgan fingerprint density at radius 1 is 0.957 bits per heavy atom. The first kappa shape index (κ1) is 16.3. The molecule has 0 bridgehead atoms. The number of rotatable bonds is 4. The molecule has 23 heavy (non-hydrogen) atoms. The van der Waals surface area contributed by atoms with E-state index in [1.54, 1.807) is 6.07 Å². The maximum Gasteiger partial charge on any atom is 0.118 e. The summed E-state index contributed by atoms with van der Waals surface area (Å²) in [6, 6.07) is 18.3. The Morgan fingerprint density at radius 3 is 2.22 bits per heavy atom. The van der Waals surface area contributed by atoms with Gasteiger partial charge in [0.05, 0.1) is 14.2 Å². The van der Waals surface area contributed by atoms with Crippen LogP contribution in [0, 0.1) is 5.92 Å². The Balaban J connectivity index is 2.10. The molecular weight excluding hydrogens is 300 g/mol. The first-order valence-electron chi connectivity index (χ1n) is 8.53. The van der Waals surface area contributed by atoms with Crippen LogP contribution < -0.4 is 5.19 Å². The van der Waals surface area contributed by atoms with Crippen molar-refractivity contribution in [3.63, 3.8) is 0 Å². The van der Waals surface area contributed by atoms with Crippen LogP contribution in [0.1, 0.15) is 30.4 Å². The number of aromatic hydroxyl groups is 1. The summed E-state index contributed by atoms with van der Waals surface area (Å²) < 4.78 is 0. The molecule has 3 heteroatoms. The van der Waals surface area contributed by atoms with E-state index in [0.29, 0.717) is 5.75 Å². The van der Waals surface area contributed by atoms with Crippen molar-refractivity contribution < 1.29 is 10.2 Å². The molecule has 0 aliphatic heterocycles. The number of hydrogen-bond acceptors (Lipinski definition) is 2. The van der Waals surface area contributed by atoms with Crippen molar-refractivity contribution in [2.45, 2.75) is 44.0 Å². The second-order valence-electron chi connectivity index (χ2n) is 7.29. The molecule has 0 unspecified atom stereocenters. The maximum absolute atomic E-state index is 10.6. The molecule has 1 fully saturated rings. The van der Waals surface area contributed by atoms with Gasteiger partial charge >= 0.3 is 0 Å². The van der Waals surface area contributed by atoms with Gasteiger partial charge in [-0.1, -0.05) is 73.2 Å². The molecule has 0 aromatic heterocycles. The quantitative estimate of drug-likeness (QED) is 0.839. The van der Waals surface area contributed by atoms with E-state index in [1.165, 1.54) is 5.19 Å². The van der Waals surface area contributed by atoms with Gasteiger partial charge in [-0.25, -0.2) is 0 Å². The fraction of sp³-hybridized carbons (Fsp3) is 0.400. The van der Waals surface area contributed by atoms with E-state index >= 15 is 0 Å². The van der Waals surface area contributed by atoms with Crippen LogP contribution in [0.25, 0.3) is 0 Å². The summed E-state index contributed by atoms with van der Waals surface area (Å²) in [6.07, 6.45) is 2.75. The molecule has 3 atom stereocenters. The summed E-state index contributed by atoms with van der Waals surface area (Å²) in [6.45, 7) is 4.73. The topological polar surface area (TPSA) is 40.5 Å². The number of phenols is 1. The molecular formula is C20H26O2Si. The standard InChI is InChI=1S/C20H26O2Si/c1-23(2,15-9-4-3-5-10-15)20(17-12-8-14-19(17)22)16-11-6-7-13-18(16)21/h3-7,9-11,13,17,19-22H,8,12,14H2,1-2H3/t17-,19-,20+/m1/s1. The highest BCUT2D eigenvalue weighted by molar-refractivity contribution is 6.91. The lowest BCUT2D eigenvalue weighted by atomic mass is 9.94. The zero-order chi connectivity index (χ0) is 16.4. The van der Waals surface area contributed by atoms with Gasteiger partial charge in [-0.2, -0.15) is 0 Å². The van der Waals surface area contributed by atoms with Crippen molar-refractivity contribution in [1.29, 1.82) is 0 Å². The fourth-order valence-corrected chi connectivity index (χ4v) is 8.20. The van der Waals surface area contributed by atoms with Crippen molar-refractivity contribution in [3.05, 3.63) is 60.2 Å². The van der Waals surface area contributed by atoms with Crippen LogP contribution in [0.3, 0.4) is 0 Å². The summed E-state index contributed by atoms with van der Waals surface area (Å²) in [4.78, 5) is 0. The molecule has 2 aromatic rings. The predicted octanol–water partition coefficient (Wildman–Crippen LogP) is 3.79. The lowest BCUT2D eigenvalue weighted by Crippen LogP contribution is -2.51. The first-order chi connectivity index (χ1) is 11.0. The van der Waals surface area contributed by atoms with Crippen LogP contribution in [-0.4, -0.2) is 24.4 Å². The minimum atomic E-state index is -1.91. The van der Waals surface area contributed by atoms with Crippen LogP contribution in [0.5, 0.6) is 5.75 Å². The van der Waals surface area contributed by atoms with Gasteiger partial charge in [-0.15, -0.1) is 0 Å². The van der Waals surface area contributed by atoms with Gasteiger partial charge < -0.3 is 10.2 Å². The van der Waals surface area contributed by atoms with Gasteiger partial charge in [-0.05, 0) is 35.9 Å². The zero-order valence-electron chi connectivity index (χ0n) is 13.9. The average molecular weight is 327 g/mol. The Bertz CT molecular complexity index is 654. The van der Waals surface area contributed by atoms with Crippen molar-refractivity contribution in [2.24, 2.45) is 5.92 Å². The molecule has 2 aromatic carbocycles. The monoisotopic (exact) mass is 326 g/mol. The number of aliphatic hydroxyl groups is 1. The third kappa shape index (κ3) is 3.08. The zero-order valence-corrected chi connectivity index (χ0v) is 14.9. The van der Waals surface area contributed by atoms with E-state index in [4.69, 9.17) is 0 Å². The number of para-hydroxylation sites is 1. The molecule has 2 N–H and O–H groups in total. The van der Waals surface area contributed by atoms with E-state index in [0.717, 1.165) is 24.8 Å². The van der Waals surface area contributed by atoms with Gasteiger partial charge in [0, 0.05) is 0 Å². The number of aliphatic hydroxyl groups excluding tert-OH is 1. The smallest absolute Gasteiger partial charge is 0.118 e. The van der Waals surface area contributed by atoms with Gasteiger partial charge in [0.1, 0.15) is 5.75 Å². The summed E-state index contributed by atoms with van der Waals surface area (Å²) in [5, 5.41) is 22.4. The van der Waals surface area contributed by atoms with E-state index in [9.17, 15) is 10.2 Å². The van der Waals surface area contributed by atoms with Crippen molar-refractivity contribution in [2.75, 3.05) is 0 Å². The van der Waals surface area contributed by atoms with Crippen molar-refractivity contribution in [1.82, 2.24) is 0 Å². The minimum absolute atomic E-state index is 0.226. The molecule has 0 spiro atoms. The van der Waals surface area contributed by atoms with Crippen LogP contribution in [0.2, 0.25) is 13.1 Å². The van der Waals surface area contributed by atoms with E-state index in [1.807, 2.05) is 24.3 Å². The van der Waals surface area contributed by atoms with E-state index in [2.05, 4.69) is 37.4 Å². The Labute approximate surface area is 139 Å². The lowest BCUT2D eigenvalue weighted by Gasteiger charge is -2.39. The fourth-order valence-electron chi connectivity index (χ4n) is 4.31. The second kappa shape index (κ2) is 6.50. The van der Waals surface area contributed by atoms with E-state index < -0.39 is 8.07 Å². The SMILES string of the molecule is C[Si](C)(c1ccccc1)[C@@H](c1ccccc1O)[C@@H]1CCC[C@H]1O. The number of benzene rings is 2. The van der Waals surface area contributed by atoms with Crippen LogP contribution in [-0.2, 0) is 0 Å². The molecule has 0 heterocycles. The predicted molar refractivity (Wildman–Crippen MR) is 97.8 cm³/mol. The normalized spacial score (nSPS) is 22.9. The summed E-state index contributed by atoms with van der Waals surface area (Å²) in [7, 11) is -1.91. The molecule has 1 saturated carbocycles. The Hall–Kier alpha value is -1.58. The van der Waals surface area contributed by atoms with Gasteiger partial charge in [0.25, 0.3) is 0 Å². The highest BCUT2D eigenvalue weighted by Crippen LogP contribution is 2.45. The first-order valence-corrected chi connectivity index (χ1v) is 11.6. The molecule has 2 nitrogen and oxygen atoms in total. The number of phenolic OH excluding ortho intramolecular Hbond substituents is 1. The third-order valence-corrected chi connectivity index (χ3v) is 9.64. The highest BCUT2D eigenvalue weighted by atomic mass is 28.3. The van der Waals surface area contributed by atoms with Crippen molar-refractivity contribution >= 4 is 13.3 Å². The van der Waals surface area contributed by atoms with Crippen LogP contribution >= 0.6 is 0 Å². The molecule has 3 rings (SSSR count). The van der Waals surface area contributed by atoms with Gasteiger partial charge in [0.2, 0.25) is 0 Å². The summed E-state index contributed by atoms with van der Waals surface area (Å²) in [5.41, 5.74) is 1.24. The molecule has 1 aliphatic carbocycles. The molecule has 0 amide bonds. The Kier molecular flexibility index (Phi) is 4.60. The summed E-state index contributed by atoms with van der Waals surface area (Å²) in [5.74, 6) is 0.610. The molecule has 122 valence electrons. The van der Waals surface area contributed by atoms with Crippen molar-refractivity contribution in [3.8, 4) is 5.75 Å². The highest BCUT2D eigenvalue weighted by Gasteiger charge is 2.44. The van der Waals surface area contributed by atoms with Crippen LogP contribution in [0.4, 0.5) is 0 Å². The average Bonchev–Trinajstić information content (AvgIpc) is 2.96. The van der Waals surface area contributed by atoms with Gasteiger partial charge in [-0.3, -0.25) is 0 Å². The maximum atomic E-state index is 10.6. The largest absolute Gasteiger partial charge is 0.508 e. The van der Waals surface area contributed by atoms with Gasteiger partial charge in [0.15, 0.2) is 0 Å². The molecule has 0 radical (unpaired) electrons. The summed E-state index contributed by atoms with van der Waals surface area (Å²) >= 11 is 0. The third-order valence-electron chi connectivity index (χ3n) is 5.53. The van der Waals surface area contributed by atoms with Crippen LogP contribution in [0.15, 0.2) is 54.6 Å². The minimum Gasteiger partial charge on any atom is -0.508 e. The second-order valence-corrected chi connectivity index (χ2v) is 11.9. The Morgan fingerprint density at radius 2 is 1.61 bits per heavy atom.